The molecule has 0 bridgehead atoms. The standard InChI is InChI=1S/C11H10N4O4/c16-11(17)10-12-14-15(13-10)7-2-3-8-9(6-7)19-5-1-4-18-8/h2-3,6H,1,4-5H2,(H,16,17). The second-order valence-corrected chi connectivity index (χ2v) is 3.89. The summed E-state index contributed by atoms with van der Waals surface area (Å²) in [6.07, 6.45) is 0.814. The lowest BCUT2D eigenvalue weighted by Crippen LogP contribution is -2.03. The first-order valence-electron chi connectivity index (χ1n) is 5.67. The number of tetrazole rings is 1. The number of nitrogens with zero attached hydrogens (tertiary/aromatic N) is 4. The largest absolute Gasteiger partial charge is 0.490 e. The van der Waals surface area contributed by atoms with Crippen LogP contribution in [0.2, 0.25) is 0 Å². The Balaban J connectivity index is 1.96. The Kier molecular flexibility index (Phi) is 2.75. The lowest BCUT2D eigenvalue weighted by Gasteiger charge is -2.08. The summed E-state index contributed by atoms with van der Waals surface area (Å²) >= 11 is 0. The molecule has 1 aromatic carbocycles. The van der Waals surface area contributed by atoms with Gasteiger partial charge in [-0.2, -0.15) is 0 Å². The van der Waals surface area contributed by atoms with E-state index in [0.717, 1.165) is 11.2 Å². The Bertz CT molecular complexity index is 625. The van der Waals surface area contributed by atoms with Crippen LogP contribution in [-0.2, 0) is 0 Å². The smallest absolute Gasteiger partial charge is 0.377 e. The van der Waals surface area contributed by atoms with E-state index in [4.69, 9.17) is 14.6 Å². The fourth-order valence-electron chi connectivity index (χ4n) is 1.69. The molecule has 0 amide bonds. The number of ether oxygens (including phenoxy) is 2. The highest BCUT2D eigenvalue weighted by molar-refractivity contribution is 5.82. The van der Waals surface area contributed by atoms with Gasteiger partial charge < -0.3 is 14.6 Å². The molecule has 0 aliphatic carbocycles. The van der Waals surface area contributed by atoms with Crippen LogP contribution in [0.4, 0.5) is 0 Å². The number of hydrogen-bond acceptors (Lipinski definition) is 6. The van der Waals surface area contributed by atoms with Crippen LogP contribution in [0.5, 0.6) is 11.5 Å². The summed E-state index contributed by atoms with van der Waals surface area (Å²) in [6, 6.07) is 5.13. The fraction of sp³-hybridized carbons (Fsp3) is 0.273. The molecule has 2 aromatic rings. The van der Waals surface area contributed by atoms with Gasteiger partial charge >= 0.3 is 5.97 Å². The molecule has 8 heteroatoms. The first kappa shape index (κ1) is 11.5. The van der Waals surface area contributed by atoms with Crippen LogP contribution < -0.4 is 9.47 Å². The number of carboxylic acids is 1. The van der Waals surface area contributed by atoms with Gasteiger partial charge in [0.2, 0.25) is 0 Å². The van der Waals surface area contributed by atoms with Gasteiger partial charge in [0.1, 0.15) is 0 Å². The molecule has 1 aromatic heterocycles. The molecular formula is C11H10N4O4. The summed E-state index contributed by atoms with van der Waals surface area (Å²) in [7, 11) is 0. The van der Waals surface area contributed by atoms with Crippen molar-refractivity contribution in [1.82, 2.24) is 20.2 Å². The number of rotatable bonds is 2. The van der Waals surface area contributed by atoms with Crippen molar-refractivity contribution in [2.45, 2.75) is 6.42 Å². The average Bonchev–Trinajstić information content (AvgIpc) is 2.78. The van der Waals surface area contributed by atoms with Crippen LogP contribution in [0.3, 0.4) is 0 Å². The molecule has 0 fully saturated rings. The molecule has 19 heavy (non-hydrogen) atoms. The van der Waals surface area contributed by atoms with E-state index in [1.54, 1.807) is 18.2 Å². The van der Waals surface area contributed by atoms with Gasteiger partial charge in [-0.05, 0) is 17.3 Å². The third-order valence-electron chi connectivity index (χ3n) is 2.57. The highest BCUT2D eigenvalue weighted by Crippen LogP contribution is 2.31. The van der Waals surface area contributed by atoms with Crippen LogP contribution in [0.25, 0.3) is 5.69 Å². The topological polar surface area (TPSA) is 99.4 Å². The Morgan fingerprint density at radius 3 is 2.79 bits per heavy atom. The molecule has 3 rings (SSSR count). The molecule has 8 nitrogen and oxygen atoms in total. The van der Waals surface area contributed by atoms with E-state index in [-0.39, 0.29) is 5.82 Å². The molecular weight excluding hydrogens is 252 g/mol. The van der Waals surface area contributed by atoms with E-state index in [0.29, 0.717) is 30.4 Å². The monoisotopic (exact) mass is 262 g/mol. The van der Waals surface area contributed by atoms with Crippen molar-refractivity contribution in [2.75, 3.05) is 13.2 Å². The lowest BCUT2D eigenvalue weighted by molar-refractivity contribution is 0.0683. The Labute approximate surface area is 107 Å². The van der Waals surface area contributed by atoms with Gasteiger partial charge in [0.05, 0.1) is 18.9 Å². The van der Waals surface area contributed by atoms with Crippen LogP contribution >= 0.6 is 0 Å². The van der Waals surface area contributed by atoms with Crippen molar-refractivity contribution in [1.29, 1.82) is 0 Å². The first-order valence-corrected chi connectivity index (χ1v) is 5.67. The van der Waals surface area contributed by atoms with Crippen molar-refractivity contribution < 1.29 is 19.4 Å². The minimum absolute atomic E-state index is 0.355. The summed E-state index contributed by atoms with van der Waals surface area (Å²) in [5.74, 6) is -0.336. The SMILES string of the molecule is O=C(O)c1nnn(-c2ccc3c(c2)OCCCO3)n1. The molecule has 0 unspecified atom stereocenters. The van der Waals surface area contributed by atoms with E-state index in [1.807, 2.05) is 0 Å². The number of hydrogen-bond donors (Lipinski definition) is 1. The number of aromatic carboxylic acids is 1. The van der Waals surface area contributed by atoms with E-state index in [2.05, 4.69) is 15.4 Å². The van der Waals surface area contributed by atoms with Gasteiger partial charge in [-0.15, -0.1) is 15.0 Å². The molecule has 0 saturated carbocycles. The summed E-state index contributed by atoms with van der Waals surface area (Å²) in [4.78, 5) is 11.8. The van der Waals surface area contributed by atoms with E-state index < -0.39 is 5.97 Å². The molecule has 98 valence electrons. The zero-order valence-electron chi connectivity index (χ0n) is 9.81. The predicted molar refractivity (Wildman–Crippen MR) is 61.7 cm³/mol. The summed E-state index contributed by atoms with van der Waals surface area (Å²) < 4.78 is 11.0. The maximum Gasteiger partial charge on any atom is 0.377 e. The van der Waals surface area contributed by atoms with Crippen LogP contribution in [-0.4, -0.2) is 44.5 Å². The van der Waals surface area contributed by atoms with Gasteiger partial charge in [-0.3, -0.25) is 0 Å². The van der Waals surface area contributed by atoms with Crippen molar-refractivity contribution in [2.24, 2.45) is 0 Å². The third kappa shape index (κ3) is 2.19. The number of carboxylic acid groups (broad SMARTS) is 1. The Morgan fingerprint density at radius 1 is 1.26 bits per heavy atom. The van der Waals surface area contributed by atoms with Crippen molar-refractivity contribution in [3.63, 3.8) is 0 Å². The van der Waals surface area contributed by atoms with Crippen molar-refractivity contribution in [3.05, 3.63) is 24.0 Å². The Morgan fingerprint density at radius 2 is 2.05 bits per heavy atom. The third-order valence-corrected chi connectivity index (χ3v) is 2.57. The summed E-state index contributed by atoms with van der Waals surface area (Å²) in [6.45, 7) is 1.18. The van der Waals surface area contributed by atoms with Crippen LogP contribution in [0.1, 0.15) is 17.0 Å². The van der Waals surface area contributed by atoms with Gasteiger partial charge in [-0.1, -0.05) is 0 Å². The maximum atomic E-state index is 10.7. The predicted octanol–water partition coefficient (Wildman–Crippen LogP) is 0.522. The number of carbonyl (C=O) groups is 1. The normalized spacial score (nSPS) is 13.9. The van der Waals surface area contributed by atoms with Crippen LogP contribution in [0.15, 0.2) is 18.2 Å². The molecule has 0 spiro atoms. The number of fused-ring (bicyclic) bond motifs is 1. The van der Waals surface area contributed by atoms with Crippen LogP contribution in [0, 0.1) is 0 Å². The van der Waals surface area contributed by atoms with Gasteiger partial charge in [0, 0.05) is 12.5 Å². The molecule has 1 aliphatic heterocycles. The number of aromatic nitrogens is 4. The molecule has 0 saturated heterocycles. The highest BCUT2D eigenvalue weighted by atomic mass is 16.5. The molecule has 0 radical (unpaired) electrons. The minimum Gasteiger partial charge on any atom is -0.490 e. The van der Waals surface area contributed by atoms with Gasteiger partial charge in [0.25, 0.3) is 5.82 Å². The van der Waals surface area contributed by atoms with E-state index >= 15 is 0 Å². The van der Waals surface area contributed by atoms with Crippen molar-refractivity contribution in [3.8, 4) is 17.2 Å². The fourth-order valence-corrected chi connectivity index (χ4v) is 1.69. The summed E-state index contributed by atoms with van der Waals surface area (Å²) in [5.41, 5.74) is 0.559. The Hall–Kier alpha value is -2.64. The first-order chi connectivity index (χ1) is 9.24. The van der Waals surface area contributed by atoms with Gasteiger partial charge in [0.15, 0.2) is 11.5 Å². The van der Waals surface area contributed by atoms with E-state index in [9.17, 15) is 4.79 Å². The van der Waals surface area contributed by atoms with Gasteiger partial charge in [-0.25, -0.2) is 4.79 Å². The molecule has 0 atom stereocenters. The lowest BCUT2D eigenvalue weighted by atomic mass is 10.3. The zero-order valence-corrected chi connectivity index (χ0v) is 9.81. The minimum atomic E-state index is -1.22. The summed E-state index contributed by atoms with van der Waals surface area (Å²) in [5, 5.41) is 19.6. The zero-order chi connectivity index (χ0) is 13.2. The molecule has 1 aliphatic rings. The highest BCUT2D eigenvalue weighted by Gasteiger charge is 2.15. The second kappa shape index (κ2) is 4.56. The number of benzene rings is 1. The maximum absolute atomic E-state index is 10.7. The quantitative estimate of drug-likeness (QED) is 0.842. The van der Waals surface area contributed by atoms with E-state index in [1.165, 1.54) is 0 Å². The average molecular weight is 262 g/mol. The van der Waals surface area contributed by atoms with Crippen molar-refractivity contribution >= 4 is 5.97 Å². The second-order valence-electron chi connectivity index (χ2n) is 3.89. The molecule has 1 N–H and O–H groups in total. The molecule has 2 heterocycles.